The van der Waals surface area contributed by atoms with Crippen LogP contribution < -0.4 is 4.74 Å². The maximum atomic E-state index is 14.1. The fourth-order valence-corrected chi connectivity index (χ4v) is 2.18. The second-order valence-electron chi connectivity index (χ2n) is 5.36. The Labute approximate surface area is 121 Å². The van der Waals surface area contributed by atoms with Gasteiger partial charge >= 0.3 is 0 Å². The van der Waals surface area contributed by atoms with Gasteiger partial charge in [-0.1, -0.05) is 13.8 Å². The van der Waals surface area contributed by atoms with Crippen molar-refractivity contribution in [1.82, 2.24) is 20.0 Å². The molecule has 2 heterocycles. The summed E-state index contributed by atoms with van der Waals surface area (Å²) in [5, 5.41) is 8.90. The first kappa shape index (κ1) is 13.6. The first-order valence-electron chi connectivity index (χ1n) is 6.83. The number of ether oxygens (including phenoxy) is 1. The van der Waals surface area contributed by atoms with Gasteiger partial charge in [0.25, 0.3) is 0 Å². The Bertz CT molecular complexity index is 775. The van der Waals surface area contributed by atoms with E-state index >= 15 is 0 Å². The maximum Gasteiger partial charge on any atom is 0.165 e. The van der Waals surface area contributed by atoms with Gasteiger partial charge in [0, 0.05) is 29.7 Å². The van der Waals surface area contributed by atoms with Crippen LogP contribution in [0.5, 0.6) is 5.75 Å². The molecule has 21 heavy (non-hydrogen) atoms. The van der Waals surface area contributed by atoms with Gasteiger partial charge in [-0.15, -0.1) is 0 Å². The number of benzene rings is 1. The van der Waals surface area contributed by atoms with Crippen molar-refractivity contribution in [3.63, 3.8) is 0 Å². The molecule has 2 aromatic heterocycles. The third-order valence-corrected chi connectivity index (χ3v) is 3.34. The largest absolute Gasteiger partial charge is 0.484 e. The van der Waals surface area contributed by atoms with E-state index < -0.39 is 0 Å². The molecule has 0 atom stereocenters. The Kier molecular flexibility index (Phi) is 3.37. The number of aromatic amines is 1. The van der Waals surface area contributed by atoms with Crippen molar-refractivity contribution < 1.29 is 9.13 Å². The Morgan fingerprint density at radius 3 is 2.81 bits per heavy atom. The number of rotatable bonds is 4. The number of halogens is 1. The number of nitrogens with one attached hydrogen (secondary N) is 1. The molecule has 5 nitrogen and oxygen atoms in total. The highest BCUT2D eigenvalue weighted by molar-refractivity contribution is 5.82. The predicted molar refractivity (Wildman–Crippen MR) is 77.7 cm³/mol. The Hall–Kier alpha value is -2.37. The minimum absolute atomic E-state index is 0.189. The molecule has 3 rings (SSSR count). The lowest BCUT2D eigenvalue weighted by Crippen LogP contribution is -1.99. The number of nitrogens with zero attached hydrogens (tertiary/aromatic N) is 3. The molecule has 0 spiro atoms. The van der Waals surface area contributed by atoms with Crippen molar-refractivity contribution in [3.05, 3.63) is 41.6 Å². The lowest BCUT2D eigenvalue weighted by molar-refractivity contribution is 0.285. The van der Waals surface area contributed by atoms with E-state index in [2.05, 4.69) is 29.0 Å². The molecule has 0 saturated carbocycles. The Morgan fingerprint density at radius 1 is 1.33 bits per heavy atom. The van der Waals surface area contributed by atoms with Crippen molar-refractivity contribution in [2.75, 3.05) is 0 Å². The van der Waals surface area contributed by atoms with Crippen molar-refractivity contribution in [3.8, 4) is 5.75 Å². The van der Waals surface area contributed by atoms with Gasteiger partial charge in [0.1, 0.15) is 12.3 Å². The van der Waals surface area contributed by atoms with Crippen molar-refractivity contribution in [2.45, 2.75) is 26.4 Å². The number of fused-ring (bicyclic) bond motifs is 1. The molecule has 1 N–H and O–H groups in total. The first-order valence-corrected chi connectivity index (χ1v) is 6.83. The molecule has 0 saturated heterocycles. The van der Waals surface area contributed by atoms with Gasteiger partial charge in [-0.3, -0.25) is 0 Å². The molecule has 0 unspecified atom stereocenters. The molecule has 1 aromatic carbocycles. The van der Waals surface area contributed by atoms with E-state index in [-0.39, 0.29) is 18.2 Å². The normalized spacial score (nSPS) is 11.5. The predicted octanol–water partition coefficient (Wildman–Crippen LogP) is 3.14. The van der Waals surface area contributed by atoms with Crippen LogP contribution in [0.1, 0.15) is 31.2 Å². The third-order valence-electron chi connectivity index (χ3n) is 3.34. The first-order chi connectivity index (χ1) is 10.0. The van der Waals surface area contributed by atoms with E-state index in [1.54, 1.807) is 19.3 Å². The number of hydrogen-bond donors (Lipinski definition) is 1. The standard InChI is InChI=1S/C15H17FN4O/c1-9(2)13-5-10-4-12(16)15(6-14(10)18-13)21-8-11-7-17-20(3)19-11/h4-7,9,18H,8H2,1-3H3. The van der Waals surface area contributed by atoms with E-state index in [4.69, 9.17) is 4.74 Å². The Balaban J connectivity index is 1.86. The SMILES string of the molecule is CC(C)c1cc2cc(F)c(OCc3cnn(C)n3)cc2[nH]1. The smallest absolute Gasteiger partial charge is 0.165 e. The zero-order valence-corrected chi connectivity index (χ0v) is 12.2. The van der Waals surface area contributed by atoms with Crippen LogP contribution in [0.4, 0.5) is 4.39 Å². The summed E-state index contributed by atoms with van der Waals surface area (Å²) >= 11 is 0. The summed E-state index contributed by atoms with van der Waals surface area (Å²) < 4.78 is 19.6. The molecule has 0 aliphatic carbocycles. The lowest BCUT2D eigenvalue weighted by Gasteiger charge is -2.05. The molecule has 0 bridgehead atoms. The van der Waals surface area contributed by atoms with E-state index in [1.165, 1.54) is 10.9 Å². The van der Waals surface area contributed by atoms with Gasteiger partial charge in [-0.2, -0.15) is 15.0 Å². The van der Waals surface area contributed by atoms with E-state index in [9.17, 15) is 4.39 Å². The summed E-state index contributed by atoms with van der Waals surface area (Å²) in [5.41, 5.74) is 2.61. The second-order valence-corrected chi connectivity index (χ2v) is 5.36. The van der Waals surface area contributed by atoms with Crippen LogP contribution in [0, 0.1) is 5.82 Å². The van der Waals surface area contributed by atoms with Crippen molar-refractivity contribution in [2.24, 2.45) is 7.05 Å². The summed E-state index contributed by atoms with van der Waals surface area (Å²) in [7, 11) is 1.72. The fourth-order valence-electron chi connectivity index (χ4n) is 2.18. The van der Waals surface area contributed by atoms with E-state index in [0.717, 1.165) is 16.6 Å². The van der Waals surface area contributed by atoms with Gasteiger partial charge in [-0.25, -0.2) is 4.39 Å². The molecular formula is C15H17FN4O. The number of hydrogen-bond acceptors (Lipinski definition) is 3. The van der Waals surface area contributed by atoms with Crippen LogP contribution in [-0.2, 0) is 13.7 Å². The lowest BCUT2D eigenvalue weighted by atomic mass is 10.1. The Morgan fingerprint density at radius 2 is 2.14 bits per heavy atom. The molecule has 0 aliphatic rings. The highest BCUT2D eigenvalue weighted by atomic mass is 19.1. The average Bonchev–Trinajstić information content (AvgIpc) is 3.02. The van der Waals surface area contributed by atoms with Gasteiger partial charge in [0.05, 0.1) is 6.20 Å². The number of aryl methyl sites for hydroxylation is 1. The van der Waals surface area contributed by atoms with Gasteiger partial charge in [-0.05, 0) is 18.1 Å². The fraction of sp³-hybridized carbons (Fsp3) is 0.333. The van der Waals surface area contributed by atoms with Crippen molar-refractivity contribution in [1.29, 1.82) is 0 Å². The van der Waals surface area contributed by atoms with Crippen LogP contribution in [0.25, 0.3) is 10.9 Å². The van der Waals surface area contributed by atoms with Gasteiger partial charge in [0.2, 0.25) is 0 Å². The number of aromatic nitrogens is 4. The minimum Gasteiger partial charge on any atom is -0.484 e. The average molecular weight is 288 g/mol. The van der Waals surface area contributed by atoms with Gasteiger partial charge < -0.3 is 9.72 Å². The summed E-state index contributed by atoms with van der Waals surface area (Å²) in [6, 6.07) is 5.15. The summed E-state index contributed by atoms with van der Waals surface area (Å²) in [5.74, 6) is 0.204. The third kappa shape index (κ3) is 2.74. The molecule has 0 radical (unpaired) electrons. The van der Waals surface area contributed by atoms with Crippen LogP contribution in [0.2, 0.25) is 0 Å². The van der Waals surface area contributed by atoms with Crippen LogP contribution in [0.15, 0.2) is 24.4 Å². The maximum absolute atomic E-state index is 14.1. The zero-order chi connectivity index (χ0) is 15.0. The molecule has 0 aliphatic heterocycles. The van der Waals surface area contributed by atoms with Crippen LogP contribution >= 0.6 is 0 Å². The highest BCUT2D eigenvalue weighted by Gasteiger charge is 2.11. The molecular weight excluding hydrogens is 271 g/mol. The molecule has 6 heteroatoms. The summed E-state index contributed by atoms with van der Waals surface area (Å²) in [6.45, 7) is 4.37. The van der Waals surface area contributed by atoms with Crippen LogP contribution in [-0.4, -0.2) is 20.0 Å². The zero-order valence-electron chi connectivity index (χ0n) is 12.2. The highest BCUT2D eigenvalue weighted by Crippen LogP contribution is 2.27. The van der Waals surface area contributed by atoms with Gasteiger partial charge in [0.15, 0.2) is 11.6 Å². The molecule has 0 fully saturated rings. The summed E-state index contributed by atoms with van der Waals surface area (Å²) in [4.78, 5) is 4.73. The van der Waals surface area contributed by atoms with Crippen molar-refractivity contribution >= 4 is 10.9 Å². The second kappa shape index (κ2) is 5.20. The number of H-pyrrole nitrogens is 1. The van der Waals surface area contributed by atoms with E-state index in [1.807, 2.05) is 6.07 Å². The topological polar surface area (TPSA) is 55.7 Å². The van der Waals surface area contributed by atoms with Crippen LogP contribution in [0.3, 0.4) is 0 Å². The molecule has 0 amide bonds. The summed E-state index contributed by atoms with van der Waals surface area (Å²) in [6.07, 6.45) is 1.60. The molecule has 110 valence electrons. The van der Waals surface area contributed by atoms with E-state index in [0.29, 0.717) is 11.6 Å². The minimum atomic E-state index is -0.374. The monoisotopic (exact) mass is 288 g/mol. The quantitative estimate of drug-likeness (QED) is 0.802. The molecule has 3 aromatic rings.